The van der Waals surface area contributed by atoms with Crippen molar-refractivity contribution in [3.8, 4) is 33.8 Å². The highest BCUT2D eigenvalue weighted by Gasteiger charge is 2.16. The fraction of sp³-hybridized carbons (Fsp3) is 0.0800. The molecular weight excluding hydrogens is 430 g/mol. The van der Waals surface area contributed by atoms with Crippen molar-refractivity contribution in [2.45, 2.75) is 13.3 Å². The molecule has 1 amide bonds. The second kappa shape index (κ2) is 7.96. The first-order chi connectivity index (χ1) is 16.7. The smallest absolute Gasteiger partial charge is 0.224 e. The largest absolute Gasteiger partial charge is 0.472 e. The summed E-state index contributed by atoms with van der Waals surface area (Å²) in [5.41, 5.74) is 7.93. The lowest BCUT2D eigenvalue weighted by atomic mass is 10.1. The number of rotatable bonds is 5. The van der Waals surface area contributed by atoms with Gasteiger partial charge in [0, 0.05) is 35.3 Å². The van der Waals surface area contributed by atoms with E-state index >= 15 is 0 Å². The number of fused-ring (bicyclic) bond motifs is 2. The van der Waals surface area contributed by atoms with Gasteiger partial charge < -0.3 is 14.7 Å². The lowest BCUT2D eigenvalue weighted by Crippen LogP contribution is -2.09. The Morgan fingerprint density at radius 1 is 1.12 bits per heavy atom. The van der Waals surface area contributed by atoms with E-state index in [1.165, 1.54) is 0 Å². The van der Waals surface area contributed by atoms with Gasteiger partial charge in [-0.25, -0.2) is 9.97 Å². The zero-order valence-corrected chi connectivity index (χ0v) is 18.2. The molecule has 0 bridgehead atoms. The van der Waals surface area contributed by atoms with Gasteiger partial charge in [-0.1, -0.05) is 6.92 Å². The Kier molecular flexibility index (Phi) is 4.65. The van der Waals surface area contributed by atoms with Gasteiger partial charge >= 0.3 is 0 Å². The summed E-state index contributed by atoms with van der Waals surface area (Å²) in [4.78, 5) is 28.7. The molecule has 0 saturated heterocycles. The quantitative estimate of drug-likeness (QED) is 0.333. The topological polar surface area (TPSA) is 125 Å². The third kappa shape index (κ3) is 3.39. The van der Waals surface area contributed by atoms with Crippen LogP contribution in [0.4, 0.5) is 5.69 Å². The van der Waals surface area contributed by atoms with Crippen molar-refractivity contribution in [1.82, 2.24) is 30.1 Å². The van der Waals surface area contributed by atoms with Crippen LogP contribution < -0.4 is 5.32 Å². The van der Waals surface area contributed by atoms with Crippen LogP contribution in [-0.4, -0.2) is 36.0 Å². The first-order valence-corrected chi connectivity index (χ1v) is 10.8. The number of carbonyl (C=O) groups is 1. The van der Waals surface area contributed by atoms with E-state index in [0.717, 1.165) is 50.1 Å². The summed E-state index contributed by atoms with van der Waals surface area (Å²) in [6.07, 6.45) is 8.87. The highest BCUT2D eigenvalue weighted by atomic mass is 16.3. The van der Waals surface area contributed by atoms with Crippen LogP contribution in [0.2, 0.25) is 0 Å². The average molecular weight is 449 g/mol. The zero-order valence-electron chi connectivity index (χ0n) is 18.2. The highest BCUT2D eigenvalue weighted by molar-refractivity contribution is 5.99. The molecule has 6 aromatic heterocycles. The van der Waals surface area contributed by atoms with E-state index in [4.69, 9.17) is 9.40 Å². The van der Waals surface area contributed by atoms with Gasteiger partial charge in [-0.15, -0.1) is 0 Å². The van der Waals surface area contributed by atoms with E-state index in [0.29, 0.717) is 17.8 Å². The summed E-state index contributed by atoms with van der Waals surface area (Å²) >= 11 is 0. The Hall–Kier alpha value is -4.79. The molecule has 6 aromatic rings. The number of hydrogen-bond donors (Lipinski definition) is 3. The Balaban J connectivity index is 1.43. The van der Waals surface area contributed by atoms with Crippen molar-refractivity contribution in [3.05, 3.63) is 67.5 Å². The molecular formula is C25H19N7O2. The number of hydrogen-bond acceptors (Lipinski definition) is 6. The minimum Gasteiger partial charge on any atom is -0.472 e. The number of aromatic amines is 2. The molecule has 0 aliphatic carbocycles. The Labute approximate surface area is 193 Å². The first kappa shape index (κ1) is 19.9. The van der Waals surface area contributed by atoms with E-state index in [-0.39, 0.29) is 5.91 Å². The van der Waals surface area contributed by atoms with Gasteiger partial charge in [0.05, 0.1) is 41.3 Å². The molecule has 6 rings (SSSR count). The summed E-state index contributed by atoms with van der Waals surface area (Å²) in [5, 5.41) is 11.4. The third-order valence-corrected chi connectivity index (χ3v) is 5.67. The van der Waals surface area contributed by atoms with E-state index < -0.39 is 0 Å². The van der Waals surface area contributed by atoms with Gasteiger partial charge in [0.15, 0.2) is 0 Å². The highest BCUT2D eigenvalue weighted by Crippen LogP contribution is 2.33. The number of aromatic nitrogens is 6. The number of carbonyl (C=O) groups excluding carboxylic acids is 1. The zero-order chi connectivity index (χ0) is 23.1. The lowest BCUT2D eigenvalue weighted by Gasteiger charge is -2.06. The maximum absolute atomic E-state index is 11.8. The summed E-state index contributed by atoms with van der Waals surface area (Å²) in [7, 11) is 0. The van der Waals surface area contributed by atoms with E-state index in [2.05, 4.69) is 30.5 Å². The fourth-order valence-electron chi connectivity index (χ4n) is 3.97. The van der Waals surface area contributed by atoms with Crippen LogP contribution >= 0.6 is 0 Å². The van der Waals surface area contributed by atoms with Crippen molar-refractivity contribution in [3.63, 3.8) is 0 Å². The number of H-pyrrole nitrogens is 2. The van der Waals surface area contributed by atoms with E-state index in [1.807, 2.05) is 36.4 Å². The monoisotopic (exact) mass is 449 g/mol. The van der Waals surface area contributed by atoms with Crippen LogP contribution in [0.25, 0.3) is 55.8 Å². The number of anilines is 1. The van der Waals surface area contributed by atoms with Crippen LogP contribution in [0.5, 0.6) is 0 Å². The van der Waals surface area contributed by atoms with Crippen molar-refractivity contribution in [2.24, 2.45) is 0 Å². The molecule has 9 heteroatoms. The van der Waals surface area contributed by atoms with Crippen LogP contribution in [0.1, 0.15) is 13.3 Å². The predicted octanol–water partition coefficient (Wildman–Crippen LogP) is 5.17. The SMILES string of the molecule is CCC(=O)Nc1cncc(-c2ccc3[nH]nc(-c4cc5c(-c6ccoc6)ccnc5[nH]4)c3n2)c1. The fourth-order valence-corrected chi connectivity index (χ4v) is 3.97. The maximum Gasteiger partial charge on any atom is 0.224 e. The standard InChI is InChI=1S/C25H19N7O2/c1-2-22(33)28-16-9-15(11-26-12-16)19-3-4-20-23(29-19)24(32-31-20)21-10-18-17(14-6-8-34-13-14)5-7-27-25(18)30-21/h3-13H,2H2,1H3,(H,27,30)(H,28,33)(H,31,32). The molecule has 0 spiro atoms. The first-order valence-electron chi connectivity index (χ1n) is 10.8. The van der Waals surface area contributed by atoms with Gasteiger partial charge in [-0.3, -0.25) is 14.9 Å². The minimum absolute atomic E-state index is 0.0679. The molecule has 0 radical (unpaired) electrons. The summed E-state index contributed by atoms with van der Waals surface area (Å²) < 4.78 is 5.26. The van der Waals surface area contributed by atoms with Crippen molar-refractivity contribution >= 4 is 33.7 Å². The molecule has 0 aromatic carbocycles. The van der Waals surface area contributed by atoms with E-state index in [9.17, 15) is 4.79 Å². The molecule has 34 heavy (non-hydrogen) atoms. The second-order valence-electron chi connectivity index (χ2n) is 7.84. The summed E-state index contributed by atoms with van der Waals surface area (Å²) in [6.45, 7) is 1.81. The van der Waals surface area contributed by atoms with Crippen LogP contribution in [0, 0.1) is 0 Å². The van der Waals surface area contributed by atoms with E-state index in [1.54, 1.807) is 38.0 Å². The predicted molar refractivity (Wildman–Crippen MR) is 129 cm³/mol. The number of nitrogens with one attached hydrogen (secondary N) is 3. The Bertz CT molecular complexity index is 1650. The van der Waals surface area contributed by atoms with Gasteiger partial charge in [0.1, 0.15) is 16.9 Å². The van der Waals surface area contributed by atoms with Crippen LogP contribution in [0.15, 0.2) is 71.9 Å². The summed E-state index contributed by atoms with van der Waals surface area (Å²) in [6, 6.07) is 11.6. The number of pyridine rings is 3. The number of nitrogens with zero attached hydrogens (tertiary/aromatic N) is 4. The molecule has 3 N–H and O–H groups in total. The Morgan fingerprint density at radius 2 is 2.06 bits per heavy atom. The Morgan fingerprint density at radius 3 is 2.91 bits per heavy atom. The number of furan rings is 1. The molecule has 0 aliphatic rings. The molecule has 0 aliphatic heterocycles. The van der Waals surface area contributed by atoms with Crippen LogP contribution in [-0.2, 0) is 4.79 Å². The molecule has 166 valence electrons. The molecule has 0 fully saturated rings. The molecule has 0 unspecified atom stereocenters. The van der Waals surface area contributed by atoms with Gasteiger partial charge in [-0.05, 0) is 42.0 Å². The van der Waals surface area contributed by atoms with Crippen LogP contribution in [0.3, 0.4) is 0 Å². The van der Waals surface area contributed by atoms with Crippen molar-refractivity contribution in [2.75, 3.05) is 5.32 Å². The lowest BCUT2D eigenvalue weighted by molar-refractivity contribution is -0.115. The molecule has 9 nitrogen and oxygen atoms in total. The normalized spacial score (nSPS) is 11.3. The van der Waals surface area contributed by atoms with Gasteiger partial charge in [0.2, 0.25) is 5.91 Å². The number of amides is 1. The minimum atomic E-state index is -0.0679. The van der Waals surface area contributed by atoms with Gasteiger partial charge in [0.25, 0.3) is 0 Å². The second-order valence-corrected chi connectivity index (χ2v) is 7.84. The maximum atomic E-state index is 11.8. The third-order valence-electron chi connectivity index (χ3n) is 5.67. The van der Waals surface area contributed by atoms with Crippen molar-refractivity contribution < 1.29 is 9.21 Å². The van der Waals surface area contributed by atoms with Crippen molar-refractivity contribution in [1.29, 1.82) is 0 Å². The van der Waals surface area contributed by atoms with Gasteiger partial charge in [-0.2, -0.15) is 5.10 Å². The average Bonchev–Trinajstić information content (AvgIpc) is 3.62. The molecule has 0 atom stereocenters. The molecule has 6 heterocycles. The molecule has 0 saturated carbocycles. The summed E-state index contributed by atoms with van der Waals surface area (Å²) in [5.74, 6) is -0.0679.